The zero-order valence-electron chi connectivity index (χ0n) is 25.1. The highest BCUT2D eigenvalue weighted by Gasteiger charge is 2.48. The monoisotopic (exact) mass is 614 g/mol. The Kier molecular flexibility index (Phi) is 8.18. The Bertz CT molecular complexity index is 1790. The molecule has 3 heterocycles. The number of aromatic nitrogens is 1. The van der Waals surface area contributed by atoms with Gasteiger partial charge in [-0.25, -0.2) is 4.98 Å². The van der Waals surface area contributed by atoms with Gasteiger partial charge in [0.15, 0.2) is 28.1 Å². The van der Waals surface area contributed by atoms with Crippen molar-refractivity contribution in [3.05, 3.63) is 76.4 Å². The minimum Gasteiger partial charge on any atom is -0.507 e. The molecule has 1 amide bonds. The van der Waals surface area contributed by atoms with Crippen molar-refractivity contribution in [1.82, 2.24) is 4.98 Å². The lowest BCUT2D eigenvalue weighted by atomic mass is 9.95. The number of hydrogen-bond acceptors (Lipinski definition) is 9. The third-order valence-electron chi connectivity index (χ3n) is 7.79. The summed E-state index contributed by atoms with van der Waals surface area (Å²) in [5.41, 5.74) is 3.64. The summed E-state index contributed by atoms with van der Waals surface area (Å²) in [6.45, 7) is 7.43. The summed E-state index contributed by atoms with van der Waals surface area (Å²) in [5.74, 6) is 0.107. The van der Waals surface area contributed by atoms with Gasteiger partial charge in [0, 0.05) is 5.56 Å². The van der Waals surface area contributed by atoms with Gasteiger partial charge in [-0.15, -0.1) is 0 Å². The maximum absolute atomic E-state index is 13.8. The summed E-state index contributed by atoms with van der Waals surface area (Å²) >= 11 is 1.33. The molecule has 0 spiro atoms. The van der Waals surface area contributed by atoms with Crippen LogP contribution in [0.25, 0.3) is 16.0 Å². The highest BCUT2D eigenvalue weighted by molar-refractivity contribution is 7.22. The number of aliphatic hydroxyl groups excluding tert-OH is 1. The van der Waals surface area contributed by atoms with Gasteiger partial charge in [-0.2, -0.15) is 0 Å². The van der Waals surface area contributed by atoms with E-state index in [1.54, 1.807) is 43.5 Å². The van der Waals surface area contributed by atoms with Gasteiger partial charge in [0.25, 0.3) is 5.78 Å². The van der Waals surface area contributed by atoms with Gasteiger partial charge < -0.3 is 24.1 Å². The highest BCUT2D eigenvalue weighted by atomic mass is 32.1. The SMILES string of the molecule is CCCCCOc1ccc([C@@H]2/C(=C(\O)c3ccc4c(c3)OCCO4)C(=O)C(=O)N2c2nc3c(C)cc(C)cc3s2)cc1OC. The zero-order chi connectivity index (χ0) is 31.0. The van der Waals surface area contributed by atoms with Crippen LogP contribution in [0.4, 0.5) is 5.13 Å². The molecule has 1 aromatic heterocycles. The van der Waals surface area contributed by atoms with Crippen molar-refractivity contribution < 1.29 is 33.6 Å². The fourth-order valence-electron chi connectivity index (χ4n) is 5.66. The fourth-order valence-corrected chi connectivity index (χ4v) is 6.83. The van der Waals surface area contributed by atoms with Gasteiger partial charge in [0.2, 0.25) is 0 Å². The average molecular weight is 615 g/mol. The standard InChI is InChI=1S/C34H34N2O7S/c1-5-6-7-12-41-23-10-8-21(17-25(23)40-4)30-28(31(37)22-9-11-24-26(18-22)43-14-13-42-24)32(38)33(39)36(30)34-35-29-20(3)15-19(2)16-27(29)44-34/h8-11,15-18,30,37H,5-7,12-14H2,1-4H3/b31-28+/t30-/m1/s1. The second kappa shape index (κ2) is 12.2. The van der Waals surface area contributed by atoms with Crippen molar-refractivity contribution in [1.29, 1.82) is 0 Å². The Labute approximate surface area is 259 Å². The van der Waals surface area contributed by atoms with E-state index < -0.39 is 17.7 Å². The number of nitrogens with zero attached hydrogens (tertiary/aromatic N) is 2. The number of Topliss-reactive ketones (excluding diaryl/α,β-unsaturated/α-hetero) is 1. The molecular weight excluding hydrogens is 580 g/mol. The number of ether oxygens (including phenoxy) is 4. The normalized spacial score (nSPS) is 17.4. The number of methoxy groups -OCH3 is 1. The molecule has 0 aliphatic carbocycles. The van der Waals surface area contributed by atoms with Crippen LogP contribution in [0.3, 0.4) is 0 Å². The lowest BCUT2D eigenvalue weighted by Gasteiger charge is -2.24. The van der Waals surface area contributed by atoms with Crippen LogP contribution in [-0.2, 0) is 9.59 Å². The molecule has 9 nitrogen and oxygen atoms in total. The summed E-state index contributed by atoms with van der Waals surface area (Å²) in [6.07, 6.45) is 3.04. The molecule has 2 aliphatic heterocycles. The summed E-state index contributed by atoms with van der Waals surface area (Å²) < 4.78 is 23.9. The predicted octanol–water partition coefficient (Wildman–Crippen LogP) is 6.89. The molecule has 4 aromatic rings. The van der Waals surface area contributed by atoms with Crippen LogP contribution >= 0.6 is 11.3 Å². The van der Waals surface area contributed by atoms with Gasteiger partial charge in [0.05, 0.1) is 35.5 Å². The molecule has 0 bridgehead atoms. The Hall–Kier alpha value is -4.57. The number of thiazole rings is 1. The number of unbranched alkanes of at least 4 members (excludes halogenated alkanes) is 2. The fraction of sp³-hybridized carbons (Fsp3) is 0.324. The molecule has 228 valence electrons. The molecule has 3 aromatic carbocycles. The van der Waals surface area contributed by atoms with Crippen LogP contribution in [0, 0.1) is 13.8 Å². The molecule has 1 N–H and O–H groups in total. The van der Waals surface area contributed by atoms with E-state index in [1.165, 1.54) is 16.2 Å². The minimum atomic E-state index is -0.979. The first-order valence-corrected chi connectivity index (χ1v) is 15.5. The topological polar surface area (TPSA) is 107 Å². The van der Waals surface area contributed by atoms with E-state index in [0.29, 0.717) is 59.1 Å². The van der Waals surface area contributed by atoms with E-state index in [1.807, 2.05) is 26.0 Å². The number of benzene rings is 3. The lowest BCUT2D eigenvalue weighted by molar-refractivity contribution is -0.132. The summed E-state index contributed by atoms with van der Waals surface area (Å²) in [7, 11) is 1.54. The maximum atomic E-state index is 13.8. The smallest absolute Gasteiger partial charge is 0.301 e. The average Bonchev–Trinajstić information content (AvgIpc) is 3.56. The van der Waals surface area contributed by atoms with Crippen molar-refractivity contribution in [2.75, 3.05) is 31.8 Å². The second-order valence-corrected chi connectivity index (χ2v) is 11.9. The molecule has 44 heavy (non-hydrogen) atoms. The van der Waals surface area contributed by atoms with Crippen molar-refractivity contribution in [2.24, 2.45) is 0 Å². The Morgan fingerprint density at radius 3 is 2.59 bits per heavy atom. The molecule has 1 atom stereocenters. The van der Waals surface area contributed by atoms with Gasteiger partial charge in [0.1, 0.15) is 19.0 Å². The zero-order valence-corrected chi connectivity index (χ0v) is 26.0. The molecule has 2 aliphatic rings. The number of aliphatic hydroxyl groups is 1. The quantitative estimate of drug-likeness (QED) is 0.0940. The van der Waals surface area contributed by atoms with Crippen LogP contribution in [0.15, 0.2) is 54.1 Å². The summed E-state index contributed by atoms with van der Waals surface area (Å²) in [5, 5.41) is 12.0. The molecule has 0 unspecified atom stereocenters. The number of carbonyl (C=O) groups excluding carboxylic acids is 2. The number of hydrogen-bond donors (Lipinski definition) is 1. The van der Waals surface area contributed by atoms with Crippen LogP contribution in [0.2, 0.25) is 0 Å². The van der Waals surface area contributed by atoms with Gasteiger partial charge in [-0.3, -0.25) is 14.5 Å². The van der Waals surface area contributed by atoms with Gasteiger partial charge in [-0.05, 0) is 73.4 Å². The first-order chi connectivity index (χ1) is 21.3. The number of amides is 1. The van der Waals surface area contributed by atoms with E-state index in [-0.39, 0.29) is 11.3 Å². The van der Waals surface area contributed by atoms with E-state index in [2.05, 4.69) is 6.92 Å². The number of anilines is 1. The summed E-state index contributed by atoms with van der Waals surface area (Å²) in [4.78, 5) is 33.8. The Balaban J connectivity index is 1.50. The summed E-state index contributed by atoms with van der Waals surface area (Å²) in [6, 6.07) is 13.3. The largest absolute Gasteiger partial charge is 0.507 e. The molecule has 0 radical (unpaired) electrons. The minimum absolute atomic E-state index is 0.0579. The number of aryl methyl sites for hydroxylation is 2. The molecule has 1 saturated heterocycles. The van der Waals surface area contributed by atoms with Crippen LogP contribution in [0.5, 0.6) is 23.0 Å². The van der Waals surface area contributed by atoms with Crippen LogP contribution < -0.4 is 23.8 Å². The molecular formula is C34H34N2O7S. The third kappa shape index (κ3) is 5.34. The Morgan fingerprint density at radius 2 is 1.82 bits per heavy atom. The van der Waals surface area contributed by atoms with Crippen molar-refractivity contribution in [3.8, 4) is 23.0 Å². The lowest BCUT2D eigenvalue weighted by Crippen LogP contribution is -2.29. The highest BCUT2D eigenvalue weighted by Crippen LogP contribution is 2.47. The van der Waals surface area contributed by atoms with Crippen molar-refractivity contribution >= 4 is 44.1 Å². The van der Waals surface area contributed by atoms with E-state index in [9.17, 15) is 14.7 Å². The maximum Gasteiger partial charge on any atom is 0.301 e. The van der Waals surface area contributed by atoms with Crippen molar-refractivity contribution in [3.63, 3.8) is 0 Å². The number of fused-ring (bicyclic) bond motifs is 2. The van der Waals surface area contributed by atoms with Crippen LogP contribution in [0.1, 0.15) is 54.5 Å². The van der Waals surface area contributed by atoms with E-state index in [0.717, 1.165) is 40.6 Å². The van der Waals surface area contributed by atoms with E-state index >= 15 is 0 Å². The van der Waals surface area contributed by atoms with Crippen LogP contribution in [-0.4, -0.2) is 48.7 Å². The molecule has 1 fully saturated rings. The number of ketones is 1. The van der Waals surface area contributed by atoms with E-state index in [4.69, 9.17) is 23.9 Å². The second-order valence-electron chi connectivity index (χ2n) is 10.9. The first kappa shape index (κ1) is 29.5. The van der Waals surface area contributed by atoms with Gasteiger partial charge >= 0.3 is 5.91 Å². The molecule has 6 rings (SSSR count). The predicted molar refractivity (Wildman–Crippen MR) is 169 cm³/mol. The molecule has 0 saturated carbocycles. The van der Waals surface area contributed by atoms with Crippen molar-refractivity contribution in [2.45, 2.75) is 46.1 Å². The third-order valence-corrected chi connectivity index (χ3v) is 8.80. The number of rotatable bonds is 9. The Morgan fingerprint density at radius 1 is 1.02 bits per heavy atom. The van der Waals surface area contributed by atoms with Gasteiger partial charge in [-0.1, -0.05) is 43.2 Å². The molecule has 10 heteroatoms. The number of carbonyl (C=O) groups is 2. The first-order valence-electron chi connectivity index (χ1n) is 14.7.